The summed E-state index contributed by atoms with van der Waals surface area (Å²) in [6.07, 6.45) is 5.09. The average molecular weight is 344 g/mol. The first-order valence-electron chi connectivity index (χ1n) is 8.36. The molecule has 0 aliphatic carbocycles. The zero-order valence-corrected chi connectivity index (χ0v) is 14.6. The third-order valence-corrected chi connectivity index (χ3v) is 4.16. The van der Waals surface area contributed by atoms with E-state index in [1.54, 1.807) is 25.3 Å². The first-order chi connectivity index (χ1) is 12.6. The predicted molar refractivity (Wildman–Crippen MR) is 105 cm³/mol. The van der Waals surface area contributed by atoms with E-state index in [-0.39, 0.29) is 17.7 Å². The number of benzene rings is 2. The maximum Gasteiger partial charge on any atom is 0.275 e. The van der Waals surface area contributed by atoms with Crippen molar-refractivity contribution in [3.05, 3.63) is 116 Å². The van der Waals surface area contributed by atoms with Gasteiger partial charge in [-0.05, 0) is 23.3 Å². The molecule has 2 aromatic carbocycles. The van der Waals surface area contributed by atoms with E-state index >= 15 is 0 Å². The summed E-state index contributed by atoms with van der Waals surface area (Å²) in [6.45, 7) is 3.99. The van der Waals surface area contributed by atoms with Crippen molar-refractivity contribution in [3.63, 3.8) is 0 Å². The Labute approximate surface area is 151 Å². The molecule has 130 valence electrons. The van der Waals surface area contributed by atoms with Crippen LogP contribution >= 0.6 is 0 Å². The van der Waals surface area contributed by atoms with E-state index in [4.69, 9.17) is 0 Å². The number of allylic oxidation sites excluding steroid dienone is 1. The Morgan fingerprint density at radius 2 is 1.31 bits per heavy atom. The van der Waals surface area contributed by atoms with Gasteiger partial charge < -0.3 is 4.57 Å². The van der Waals surface area contributed by atoms with Crippen LogP contribution in [0.4, 0.5) is 0 Å². The van der Waals surface area contributed by atoms with Crippen LogP contribution in [0.1, 0.15) is 11.1 Å². The Balaban J connectivity index is 2.38. The minimum atomic E-state index is -0.225. The second-order valence-corrected chi connectivity index (χ2v) is 5.95. The van der Waals surface area contributed by atoms with Crippen molar-refractivity contribution < 1.29 is 0 Å². The van der Waals surface area contributed by atoms with Crippen LogP contribution in [0.3, 0.4) is 0 Å². The summed E-state index contributed by atoms with van der Waals surface area (Å²) in [5, 5.41) is 0.682. The van der Waals surface area contributed by atoms with Crippen LogP contribution in [0.5, 0.6) is 0 Å². The fourth-order valence-corrected chi connectivity index (χ4v) is 2.81. The first-order valence-corrected chi connectivity index (χ1v) is 8.36. The molecule has 0 unspecified atom stereocenters. The molecule has 1 aromatic heterocycles. The summed E-state index contributed by atoms with van der Waals surface area (Å²) in [5.41, 5.74) is 1.28. The lowest BCUT2D eigenvalue weighted by Crippen LogP contribution is -2.57. The molecule has 0 N–H and O–H groups in total. The van der Waals surface area contributed by atoms with Crippen LogP contribution in [0, 0.1) is 0 Å². The quantitative estimate of drug-likeness (QED) is 0.672. The van der Waals surface area contributed by atoms with Gasteiger partial charge in [-0.25, -0.2) is 0 Å². The molecule has 0 amide bonds. The molecule has 0 saturated heterocycles. The molecular weight excluding hydrogens is 324 g/mol. The molecule has 0 radical (unpaired) electrons. The second kappa shape index (κ2) is 7.66. The van der Waals surface area contributed by atoms with Gasteiger partial charge in [-0.2, -0.15) is 0 Å². The molecule has 0 fully saturated rings. The Hall–Kier alpha value is -3.40. The van der Waals surface area contributed by atoms with Gasteiger partial charge in [0, 0.05) is 13.6 Å². The van der Waals surface area contributed by atoms with Gasteiger partial charge in [-0.15, -0.1) is 6.58 Å². The van der Waals surface area contributed by atoms with E-state index in [2.05, 4.69) is 6.58 Å². The van der Waals surface area contributed by atoms with Crippen molar-refractivity contribution >= 4 is 12.2 Å². The summed E-state index contributed by atoms with van der Waals surface area (Å²) in [6, 6.07) is 19.0. The molecule has 0 aliphatic rings. The van der Waals surface area contributed by atoms with Crippen molar-refractivity contribution in [2.45, 2.75) is 6.54 Å². The normalized spacial score (nSPS) is 12.3. The minimum Gasteiger partial charge on any atom is -0.305 e. The van der Waals surface area contributed by atoms with E-state index in [0.29, 0.717) is 10.7 Å². The number of hydrogen-bond donors (Lipinski definition) is 0. The molecule has 26 heavy (non-hydrogen) atoms. The van der Waals surface area contributed by atoms with Gasteiger partial charge in [0.1, 0.15) is 10.7 Å². The summed E-state index contributed by atoms with van der Waals surface area (Å²) in [4.78, 5) is 26.0. The smallest absolute Gasteiger partial charge is 0.275 e. The summed E-state index contributed by atoms with van der Waals surface area (Å²) >= 11 is 0. The number of rotatable bonds is 4. The van der Waals surface area contributed by atoms with Gasteiger partial charge in [0.05, 0.1) is 0 Å². The van der Waals surface area contributed by atoms with Gasteiger partial charge in [-0.1, -0.05) is 66.7 Å². The highest BCUT2D eigenvalue weighted by molar-refractivity contribution is 5.49. The Kier molecular flexibility index (Phi) is 5.13. The first kappa shape index (κ1) is 17.4. The van der Waals surface area contributed by atoms with Crippen molar-refractivity contribution in [1.29, 1.82) is 0 Å². The molecule has 0 aliphatic heterocycles. The van der Waals surface area contributed by atoms with Crippen LogP contribution < -0.4 is 21.8 Å². The Morgan fingerprint density at radius 1 is 0.808 bits per heavy atom. The predicted octanol–water partition coefficient (Wildman–Crippen LogP) is 1.39. The van der Waals surface area contributed by atoms with Gasteiger partial charge >= 0.3 is 0 Å². The second-order valence-electron chi connectivity index (χ2n) is 5.95. The zero-order valence-electron chi connectivity index (χ0n) is 14.6. The molecule has 0 spiro atoms. The molecule has 0 bridgehead atoms. The molecule has 3 rings (SSSR count). The molecule has 0 atom stereocenters. The van der Waals surface area contributed by atoms with E-state index in [0.717, 1.165) is 11.1 Å². The SMILES string of the molecule is C=CCn1c(=O)c(=Cc2ccccc2)n(C)c(=O)c1=Cc1ccccc1. The standard InChI is InChI=1S/C22H20N2O2/c1-3-14-24-20(16-18-12-8-5-9-13-18)21(25)23(2)19(22(24)26)15-17-10-6-4-7-11-17/h3-13,15-16H,1,14H2,2H3. The van der Waals surface area contributed by atoms with Crippen molar-refractivity contribution in [2.75, 3.05) is 0 Å². The van der Waals surface area contributed by atoms with Gasteiger partial charge in [0.2, 0.25) is 0 Å². The highest BCUT2D eigenvalue weighted by atomic mass is 16.1. The van der Waals surface area contributed by atoms with Crippen molar-refractivity contribution in [2.24, 2.45) is 7.05 Å². The van der Waals surface area contributed by atoms with E-state index in [9.17, 15) is 9.59 Å². The van der Waals surface area contributed by atoms with E-state index in [1.807, 2.05) is 60.7 Å². The number of nitrogens with zero attached hydrogens (tertiary/aromatic N) is 2. The average Bonchev–Trinajstić information content (AvgIpc) is 2.68. The molecule has 4 nitrogen and oxygen atoms in total. The molecule has 1 heterocycles. The van der Waals surface area contributed by atoms with Crippen LogP contribution in [-0.4, -0.2) is 9.13 Å². The number of aromatic nitrogens is 2. The summed E-state index contributed by atoms with van der Waals surface area (Å²) < 4.78 is 2.88. The van der Waals surface area contributed by atoms with Crippen LogP contribution in [0.2, 0.25) is 0 Å². The Morgan fingerprint density at radius 3 is 1.81 bits per heavy atom. The molecule has 3 aromatic rings. The zero-order chi connectivity index (χ0) is 18.5. The maximum absolute atomic E-state index is 13.1. The fraction of sp³-hybridized carbons (Fsp3) is 0.0909. The molecule has 4 heteroatoms. The fourth-order valence-electron chi connectivity index (χ4n) is 2.81. The summed E-state index contributed by atoms with van der Waals surface area (Å²) in [5.74, 6) is 0. The third kappa shape index (κ3) is 3.49. The maximum atomic E-state index is 13.1. The lowest BCUT2D eigenvalue weighted by molar-refractivity contribution is 0.663. The highest BCUT2D eigenvalue weighted by Crippen LogP contribution is 1.98. The topological polar surface area (TPSA) is 44.0 Å². The lowest BCUT2D eigenvalue weighted by atomic mass is 10.2. The number of hydrogen-bond acceptors (Lipinski definition) is 2. The van der Waals surface area contributed by atoms with Crippen molar-refractivity contribution in [3.8, 4) is 0 Å². The highest BCUT2D eigenvalue weighted by Gasteiger charge is 2.07. The van der Waals surface area contributed by atoms with Gasteiger partial charge in [-0.3, -0.25) is 14.2 Å². The van der Waals surface area contributed by atoms with Crippen LogP contribution in [0.15, 0.2) is 82.9 Å². The lowest BCUT2D eigenvalue weighted by Gasteiger charge is -2.08. The largest absolute Gasteiger partial charge is 0.305 e. The molecule has 0 saturated carbocycles. The third-order valence-electron chi connectivity index (χ3n) is 4.16. The summed E-state index contributed by atoms with van der Waals surface area (Å²) in [7, 11) is 1.62. The van der Waals surface area contributed by atoms with Crippen LogP contribution in [0.25, 0.3) is 12.2 Å². The van der Waals surface area contributed by atoms with Gasteiger partial charge in [0.25, 0.3) is 11.1 Å². The van der Waals surface area contributed by atoms with Crippen LogP contribution in [-0.2, 0) is 13.6 Å². The van der Waals surface area contributed by atoms with Crippen molar-refractivity contribution in [1.82, 2.24) is 9.13 Å². The Bertz CT molecular complexity index is 1150. The van der Waals surface area contributed by atoms with E-state index in [1.165, 1.54) is 9.13 Å². The monoisotopic (exact) mass is 344 g/mol. The minimum absolute atomic E-state index is 0.224. The molecular formula is C22H20N2O2. The van der Waals surface area contributed by atoms with Gasteiger partial charge in [0.15, 0.2) is 0 Å². The van der Waals surface area contributed by atoms with E-state index < -0.39 is 0 Å².